The normalized spacial score (nSPS) is 20.3. The van der Waals surface area contributed by atoms with Gasteiger partial charge in [0.25, 0.3) is 0 Å². The van der Waals surface area contributed by atoms with Crippen molar-refractivity contribution in [3.05, 3.63) is 0 Å². The molecule has 0 aromatic heterocycles. The molecule has 0 saturated heterocycles. The van der Waals surface area contributed by atoms with Crippen LogP contribution < -0.4 is 0 Å². The first-order valence-corrected chi connectivity index (χ1v) is 18.5. The van der Waals surface area contributed by atoms with Crippen molar-refractivity contribution in [2.45, 2.75) is 125 Å². The smallest absolute Gasteiger partial charge is 0.0132 e. The molecule has 0 aliphatic carbocycles. The molecule has 0 aromatic rings. The van der Waals surface area contributed by atoms with Gasteiger partial charge in [-0.1, -0.05) is 174 Å². The Kier molecular flexibility index (Phi) is 14.0. The summed E-state index contributed by atoms with van der Waals surface area (Å²) in [5.41, 5.74) is 2.49. The van der Waals surface area contributed by atoms with Crippen LogP contribution in [0.5, 0.6) is 0 Å². The van der Waals surface area contributed by atoms with Crippen LogP contribution in [0.3, 0.4) is 0 Å². The molecular weight excluding hydrogens is 642 g/mol. The van der Waals surface area contributed by atoms with Crippen LogP contribution in [0.15, 0.2) is 0 Å². The second kappa shape index (κ2) is 13.3. The molecule has 0 spiro atoms. The molecule has 0 radical (unpaired) electrons. The van der Waals surface area contributed by atoms with Gasteiger partial charge in [-0.25, -0.2) is 0 Å². The average molecular weight is 697 g/mol. The maximum absolute atomic E-state index is 2.31. The maximum Gasteiger partial charge on any atom is 0.0132 e. The van der Waals surface area contributed by atoms with Crippen LogP contribution in [0.4, 0.5) is 0 Å². The van der Waals surface area contributed by atoms with Crippen LogP contribution in [0.25, 0.3) is 0 Å². The standard InChI is InChI=1S/3C10H18P2.Mo/c3*1-9(2,3)7-11-8(12-7)10(4,5)6;/h3*1-6H3;. The van der Waals surface area contributed by atoms with Gasteiger partial charge in [0.1, 0.15) is 0 Å². The molecule has 0 fully saturated rings. The van der Waals surface area contributed by atoms with Crippen LogP contribution in [0, 0.1) is 32.5 Å². The van der Waals surface area contributed by atoms with Crippen LogP contribution in [0.1, 0.15) is 125 Å². The Labute approximate surface area is 256 Å². The Bertz CT molecular complexity index is 777. The van der Waals surface area contributed by atoms with E-state index in [2.05, 4.69) is 125 Å². The Morgan fingerprint density at radius 1 is 0.243 bits per heavy atom. The second-order valence-corrected chi connectivity index (χ2v) is 24.9. The zero-order chi connectivity index (χ0) is 28.7. The maximum atomic E-state index is 2.31. The summed E-state index contributed by atoms with van der Waals surface area (Å²) < 4.78 is 0. The van der Waals surface area contributed by atoms with Crippen molar-refractivity contribution in [2.75, 3.05) is 0 Å². The molecule has 7 heteroatoms. The number of hydrogen-bond donors (Lipinski definition) is 0. The minimum Gasteiger partial charge on any atom is -0.0582 e. The van der Waals surface area contributed by atoms with E-state index in [-0.39, 0.29) is 21.1 Å². The van der Waals surface area contributed by atoms with Crippen molar-refractivity contribution in [1.29, 1.82) is 0 Å². The van der Waals surface area contributed by atoms with Gasteiger partial charge in [0, 0.05) is 51.3 Å². The molecule has 37 heavy (non-hydrogen) atoms. The monoisotopic (exact) mass is 698 g/mol. The summed E-state index contributed by atoms with van der Waals surface area (Å²) in [5, 5.41) is 10.0. The van der Waals surface area contributed by atoms with E-state index in [4.69, 9.17) is 0 Å². The van der Waals surface area contributed by atoms with Crippen molar-refractivity contribution in [2.24, 2.45) is 32.5 Å². The molecule has 0 bridgehead atoms. The van der Waals surface area contributed by atoms with E-state index in [0.717, 1.165) is 0 Å². The SMILES string of the molecule is CC(C)(C)C1=PC(C(C)(C)C)=P1.CC(C)(C)C1=PC(C(C)(C)C)=P1.CC(C)(C)C1=PC(C(C)(C)C)=P1.[Mo]. The van der Waals surface area contributed by atoms with Crippen LogP contribution in [-0.4, -0.2) is 30.2 Å². The van der Waals surface area contributed by atoms with Crippen molar-refractivity contribution in [1.82, 2.24) is 0 Å². The van der Waals surface area contributed by atoms with Gasteiger partial charge in [-0.05, 0) is 32.5 Å². The summed E-state index contributed by atoms with van der Waals surface area (Å²) in [6.07, 6.45) is 0. The van der Waals surface area contributed by atoms with E-state index in [1.54, 1.807) is 30.2 Å². The quantitative estimate of drug-likeness (QED) is 0.175. The Hall–Kier alpha value is 1.71. The van der Waals surface area contributed by atoms with Gasteiger partial charge in [0.15, 0.2) is 0 Å². The molecule has 0 atom stereocenters. The Balaban J connectivity index is 0.000000518. The van der Waals surface area contributed by atoms with Gasteiger partial charge < -0.3 is 0 Å². The van der Waals surface area contributed by atoms with E-state index in [0.29, 0.717) is 32.5 Å². The molecule has 0 saturated carbocycles. The van der Waals surface area contributed by atoms with Crippen LogP contribution in [-0.2, 0) is 21.1 Å². The number of hydrogen-bond acceptors (Lipinski definition) is 0. The van der Waals surface area contributed by atoms with E-state index in [9.17, 15) is 0 Å². The van der Waals surface area contributed by atoms with E-state index < -0.39 is 0 Å². The molecule has 0 amide bonds. The summed E-state index contributed by atoms with van der Waals surface area (Å²) in [4.78, 5) is 0. The molecule has 210 valence electrons. The molecule has 0 N–H and O–H groups in total. The predicted molar refractivity (Wildman–Crippen MR) is 188 cm³/mol. The summed E-state index contributed by atoms with van der Waals surface area (Å²) in [7, 11) is 9.11. The fourth-order valence-corrected chi connectivity index (χ4v) is 10.6. The van der Waals surface area contributed by atoms with Crippen LogP contribution >= 0.6 is 49.2 Å². The third kappa shape index (κ3) is 12.6. The van der Waals surface area contributed by atoms with Gasteiger partial charge in [0.2, 0.25) is 0 Å². The zero-order valence-electron chi connectivity index (χ0n) is 27.1. The molecule has 0 aromatic carbocycles. The second-order valence-electron chi connectivity index (χ2n) is 16.1. The summed E-state index contributed by atoms with van der Waals surface area (Å²) in [6.45, 7) is 41.5. The van der Waals surface area contributed by atoms with Gasteiger partial charge in [0.05, 0.1) is 0 Å². The first-order valence-electron chi connectivity index (χ1n) is 13.2. The average Bonchev–Trinajstić information content (AvgIpc) is 2.31. The van der Waals surface area contributed by atoms with Gasteiger partial charge in [-0.2, -0.15) is 0 Å². The summed E-state index contributed by atoms with van der Waals surface area (Å²) in [6, 6.07) is 0. The van der Waals surface area contributed by atoms with Gasteiger partial charge in [-0.3, -0.25) is 0 Å². The zero-order valence-corrected chi connectivity index (χ0v) is 34.5. The van der Waals surface area contributed by atoms with E-state index in [1.807, 2.05) is 0 Å². The molecule has 3 aliphatic heterocycles. The topological polar surface area (TPSA) is 0 Å². The van der Waals surface area contributed by atoms with Crippen LogP contribution in [0.2, 0.25) is 0 Å². The van der Waals surface area contributed by atoms with Gasteiger partial charge >= 0.3 is 0 Å². The summed E-state index contributed by atoms with van der Waals surface area (Å²) in [5.74, 6) is 0. The first-order chi connectivity index (χ1) is 15.6. The molecular formula is C30H54MoP6. The first kappa shape index (κ1) is 38.7. The third-order valence-electron chi connectivity index (χ3n) is 5.30. The predicted octanol–water partition coefficient (Wildman–Crippen LogP) is 12.7. The molecule has 3 rings (SSSR count). The van der Waals surface area contributed by atoms with E-state index >= 15 is 0 Å². The minimum absolute atomic E-state index is 0. The minimum atomic E-state index is 0. The number of rotatable bonds is 0. The molecule has 3 heterocycles. The van der Waals surface area contributed by atoms with Crippen molar-refractivity contribution in [3.8, 4) is 0 Å². The largest absolute Gasteiger partial charge is 0.0582 e. The Morgan fingerprint density at radius 3 is 0.378 bits per heavy atom. The molecule has 0 unspecified atom stereocenters. The summed E-state index contributed by atoms with van der Waals surface area (Å²) >= 11 is 0. The Morgan fingerprint density at radius 2 is 0.324 bits per heavy atom. The fraction of sp³-hybridized carbons (Fsp3) is 0.800. The molecule has 3 aliphatic rings. The van der Waals surface area contributed by atoms with Crippen molar-refractivity contribution < 1.29 is 21.1 Å². The third-order valence-corrected chi connectivity index (χ3v) is 19.5. The van der Waals surface area contributed by atoms with Gasteiger partial charge in [-0.15, -0.1) is 0 Å². The molecule has 0 nitrogen and oxygen atoms in total. The van der Waals surface area contributed by atoms with E-state index in [1.165, 1.54) is 49.2 Å². The van der Waals surface area contributed by atoms with Crippen molar-refractivity contribution >= 4 is 79.4 Å². The fourth-order valence-electron chi connectivity index (χ4n) is 2.63. The van der Waals surface area contributed by atoms with Crippen molar-refractivity contribution in [3.63, 3.8) is 0 Å².